The van der Waals surface area contributed by atoms with Gasteiger partial charge < -0.3 is 14.8 Å². The molecule has 1 aromatic heterocycles. The lowest BCUT2D eigenvalue weighted by Gasteiger charge is -2.32. The first-order valence-electron chi connectivity index (χ1n) is 9.97. The summed E-state index contributed by atoms with van der Waals surface area (Å²) in [4.78, 5) is 22.3. The highest BCUT2D eigenvalue weighted by atomic mass is 16.7. The Balaban J connectivity index is 1.98. The maximum absolute atomic E-state index is 12.1. The first kappa shape index (κ1) is 21.4. The SMILES string of the molecule is C=Cc1cn(CCC(=N)CCC)c(C2CCN(OC(=O)C(C)(C)C)CC2)n1. The first-order chi connectivity index (χ1) is 12.7. The number of carbonyl (C=O) groups is 1. The largest absolute Gasteiger partial charge is 0.367 e. The second-order valence-electron chi connectivity index (χ2n) is 8.36. The second kappa shape index (κ2) is 9.31. The molecule has 1 fully saturated rings. The lowest BCUT2D eigenvalue weighted by atomic mass is 9.96. The van der Waals surface area contributed by atoms with Crippen LogP contribution in [-0.2, 0) is 16.2 Å². The van der Waals surface area contributed by atoms with E-state index in [1.54, 1.807) is 11.1 Å². The normalized spacial score (nSPS) is 16.3. The number of nitrogens with zero attached hydrogens (tertiary/aromatic N) is 3. The smallest absolute Gasteiger partial charge is 0.330 e. The molecule has 1 aromatic rings. The van der Waals surface area contributed by atoms with Crippen LogP contribution in [0.3, 0.4) is 0 Å². The van der Waals surface area contributed by atoms with Gasteiger partial charge in [-0.15, -0.1) is 5.06 Å². The van der Waals surface area contributed by atoms with Crippen LogP contribution in [0.5, 0.6) is 0 Å². The Morgan fingerprint density at radius 1 is 1.37 bits per heavy atom. The molecule has 1 saturated heterocycles. The first-order valence-corrected chi connectivity index (χ1v) is 9.97. The molecule has 0 atom stereocenters. The zero-order valence-corrected chi connectivity index (χ0v) is 17.3. The summed E-state index contributed by atoms with van der Waals surface area (Å²) in [6.07, 6.45) is 8.24. The monoisotopic (exact) mass is 374 g/mol. The molecule has 0 bridgehead atoms. The van der Waals surface area contributed by atoms with E-state index >= 15 is 0 Å². The molecule has 27 heavy (non-hydrogen) atoms. The number of piperidine rings is 1. The second-order valence-corrected chi connectivity index (χ2v) is 8.36. The third-order valence-electron chi connectivity index (χ3n) is 4.88. The van der Waals surface area contributed by atoms with Crippen molar-refractivity contribution in [3.63, 3.8) is 0 Å². The molecular weight excluding hydrogens is 340 g/mol. The standard InChI is InChI=1S/C21H34N4O2/c1-6-8-17(22)11-12-24-15-18(7-2)23-19(24)16-9-13-25(14-10-16)27-20(26)21(3,4)5/h7,15-16,22H,2,6,8-14H2,1,3-5H3. The predicted molar refractivity (Wildman–Crippen MR) is 109 cm³/mol. The van der Waals surface area contributed by atoms with E-state index in [9.17, 15) is 4.79 Å². The van der Waals surface area contributed by atoms with Gasteiger partial charge in [0, 0.05) is 43.9 Å². The van der Waals surface area contributed by atoms with Crippen molar-refractivity contribution in [2.75, 3.05) is 13.1 Å². The van der Waals surface area contributed by atoms with Gasteiger partial charge in [-0.25, -0.2) is 9.78 Å². The van der Waals surface area contributed by atoms with Crippen LogP contribution in [0, 0.1) is 10.8 Å². The van der Waals surface area contributed by atoms with E-state index in [1.807, 2.05) is 27.0 Å². The van der Waals surface area contributed by atoms with E-state index in [2.05, 4.69) is 18.1 Å². The Bertz CT molecular complexity index is 664. The van der Waals surface area contributed by atoms with Gasteiger partial charge >= 0.3 is 5.97 Å². The fourth-order valence-electron chi connectivity index (χ4n) is 3.20. The molecule has 2 heterocycles. The van der Waals surface area contributed by atoms with E-state index in [1.165, 1.54) is 0 Å². The van der Waals surface area contributed by atoms with Gasteiger partial charge in [0.15, 0.2) is 0 Å². The van der Waals surface area contributed by atoms with Crippen molar-refractivity contribution in [3.05, 3.63) is 24.3 Å². The van der Waals surface area contributed by atoms with E-state index in [-0.39, 0.29) is 5.97 Å². The minimum atomic E-state index is -0.491. The van der Waals surface area contributed by atoms with Gasteiger partial charge in [-0.2, -0.15) is 0 Å². The Labute approximate surface area is 163 Å². The summed E-state index contributed by atoms with van der Waals surface area (Å²) in [6, 6.07) is 0. The van der Waals surface area contributed by atoms with Crippen LogP contribution in [0.2, 0.25) is 0 Å². The van der Waals surface area contributed by atoms with Gasteiger partial charge in [0.1, 0.15) is 5.82 Å². The maximum Gasteiger partial charge on any atom is 0.330 e. The Morgan fingerprint density at radius 3 is 2.59 bits per heavy atom. The van der Waals surface area contributed by atoms with Crippen molar-refractivity contribution >= 4 is 17.8 Å². The van der Waals surface area contributed by atoms with Crippen LogP contribution in [-0.4, -0.2) is 39.4 Å². The van der Waals surface area contributed by atoms with Crippen molar-refractivity contribution < 1.29 is 9.63 Å². The fraction of sp³-hybridized carbons (Fsp3) is 0.667. The van der Waals surface area contributed by atoms with E-state index in [0.29, 0.717) is 19.0 Å². The van der Waals surface area contributed by atoms with Crippen molar-refractivity contribution in [1.29, 1.82) is 5.41 Å². The van der Waals surface area contributed by atoms with Crippen molar-refractivity contribution in [1.82, 2.24) is 14.6 Å². The summed E-state index contributed by atoms with van der Waals surface area (Å²) in [5, 5.41) is 9.82. The van der Waals surface area contributed by atoms with Crippen molar-refractivity contribution in [2.24, 2.45) is 5.41 Å². The molecule has 0 aromatic carbocycles. The molecular formula is C21H34N4O2. The summed E-state index contributed by atoms with van der Waals surface area (Å²) < 4.78 is 2.18. The number of imidazole rings is 1. The number of carbonyl (C=O) groups excluding carboxylic acids is 1. The van der Waals surface area contributed by atoms with Crippen molar-refractivity contribution in [2.45, 2.75) is 72.3 Å². The van der Waals surface area contributed by atoms with Gasteiger partial charge in [-0.1, -0.05) is 19.9 Å². The molecule has 0 amide bonds. The number of aromatic nitrogens is 2. The molecule has 150 valence electrons. The van der Waals surface area contributed by atoms with Crippen LogP contribution in [0.15, 0.2) is 12.8 Å². The molecule has 0 unspecified atom stereocenters. The average Bonchev–Trinajstić information content (AvgIpc) is 3.03. The minimum absolute atomic E-state index is 0.189. The maximum atomic E-state index is 12.1. The molecule has 0 aliphatic carbocycles. The van der Waals surface area contributed by atoms with Gasteiger partial charge in [0.25, 0.3) is 0 Å². The van der Waals surface area contributed by atoms with Crippen LogP contribution in [0.4, 0.5) is 0 Å². The van der Waals surface area contributed by atoms with Gasteiger partial charge in [-0.3, -0.25) is 0 Å². The van der Waals surface area contributed by atoms with E-state index < -0.39 is 5.41 Å². The molecule has 1 N–H and O–H groups in total. The number of hydrogen-bond acceptors (Lipinski definition) is 5. The van der Waals surface area contributed by atoms with Crippen LogP contribution in [0.1, 0.15) is 77.2 Å². The molecule has 0 radical (unpaired) electrons. The van der Waals surface area contributed by atoms with Crippen LogP contribution < -0.4 is 0 Å². The summed E-state index contributed by atoms with van der Waals surface area (Å²) in [7, 11) is 0. The summed E-state index contributed by atoms with van der Waals surface area (Å²) in [6.45, 7) is 13.8. The average molecular weight is 375 g/mol. The number of hydroxylamine groups is 2. The topological polar surface area (TPSA) is 71.2 Å². The predicted octanol–water partition coefficient (Wildman–Crippen LogP) is 4.42. The molecule has 1 aliphatic rings. The molecule has 0 saturated carbocycles. The zero-order chi connectivity index (χ0) is 20.0. The molecule has 6 heteroatoms. The minimum Gasteiger partial charge on any atom is -0.367 e. The molecule has 0 spiro atoms. The van der Waals surface area contributed by atoms with Gasteiger partial charge in [0.2, 0.25) is 0 Å². The third-order valence-corrected chi connectivity index (χ3v) is 4.88. The summed E-state index contributed by atoms with van der Waals surface area (Å²) >= 11 is 0. The summed E-state index contributed by atoms with van der Waals surface area (Å²) in [5.41, 5.74) is 1.18. The summed E-state index contributed by atoms with van der Waals surface area (Å²) in [5.74, 6) is 1.21. The van der Waals surface area contributed by atoms with Crippen LogP contribution >= 0.6 is 0 Å². The number of rotatable bonds is 8. The zero-order valence-electron chi connectivity index (χ0n) is 17.3. The molecule has 6 nitrogen and oxygen atoms in total. The number of nitrogens with one attached hydrogen (secondary N) is 1. The quantitative estimate of drug-likeness (QED) is 0.684. The number of aryl methyl sites for hydroxylation is 1. The number of hydrogen-bond donors (Lipinski definition) is 1. The third kappa shape index (κ3) is 6.03. The van der Waals surface area contributed by atoms with Gasteiger partial charge in [-0.05, 0) is 46.1 Å². The highest BCUT2D eigenvalue weighted by Gasteiger charge is 2.30. The molecule has 1 aliphatic heterocycles. The van der Waals surface area contributed by atoms with Crippen LogP contribution in [0.25, 0.3) is 6.08 Å². The Kier molecular flexibility index (Phi) is 7.36. The lowest BCUT2D eigenvalue weighted by molar-refractivity contribution is -0.204. The lowest BCUT2D eigenvalue weighted by Crippen LogP contribution is -2.38. The van der Waals surface area contributed by atoms with E-state index in [0.717, 1.165) is 55.9 Å². The van der Waals surface area contributed by atoms with Gasteiger partial charge in [0.05, 0.1) is 11.1 Å². The Morgan fingerprint density at radius 2 is 2.04 bits per heavy atom. The highest BCUT2D eigenvalue weighted by molar-refractivity contribution is 5.81. The molecule has 2 rings (SSSR count). The Hall–Kier alpha value is -1.95. The fourth-order valence-corrected chi connectivity index (χ4v) is 3.20. The van der Waals surface area contributed by atoms with E-state index in [4.69, 9.17) is 15.2 Å². The highest BCUT2D eigenvalue weighted by Crippen LogP contribution is 2.29. The van der Waals surface area contributed by atoms with Crippen molar-refractivity contribution in [3.8, 4) is 0 Å².